The van der Waals surface area contributed by atoms with Crippen LogP contribution in [0, 0.1) is 33.6 Å². The summed E-state index contributed by atoms with van der Waals surface area (Å²) in [6.45, 7) is 15.7. The van der Waals surface area contributed by atoms with Crippen molar-refractivity contribution in [1.82, 2.24) is 24.6 Å². The molecule has 1 N–H and O–H groups in total. The Kier molecular flexibility index (Phi) is 5.40. The molecule has 2 aromatic heterocycles. The minimum absolute atomic E-state index is 0.426. The van der Waals surface area contributed by atoms with Gasteiger partial charge in [0.2, 0.25) is 0 Å². The maximum atomic E-state index is 4.54. The molecular formula is C17H29N5. The predicted octanol–water partition coefficient (Wildman–Crippen LogP) is 2.63. The van der Waals surface area contributed by atoms with Gasteiger partial charge in [0.25, 0.3) is 0 Å². The third-order valence-corrected chi connectivity index (χ3v) is 4.22. The minimum atomic E-state index is 0.426. The summed E-state index contributed by atoms with van der Waals surface area (Å²) in [6, 6.07) is 2.56. The van der Waals surface area contributed by atoms with E-state index in [0.717, 1.165) is 31.0 Å². The summed E-state index contributed by atoms with van der Waals surface area (Å²) in [5, 5.41) is 8.16. The van der Waals surface area contributed by atoms with Crippen LogP contribution in [0.3, 0.4) is 0 Å². The van der Waals surface area contributed by atoms with Crippen molar-refractivity contribution in [3.05, 3.63) is 35.2 Å². The van der Waals surface area contributed by atoms with E-state index in [1.165, 1.54) is 11.4 Å². The van der Waals surface area contributed by atoms with E-state index in [1.807, 2.05) is 13.3 Å². The fourth-order valence-corrected chi connectivity index (χ4v) is 2.71. The molecule has 2 aromatic rings. The van der Waals surface area contributed by atoms with Crippen molar-refractivity contribution in [2.45, 2.75) is 60.7 Å². The highest BCUT2D eigenvalue weighted by atomic mass is 15.3. The molecule has 122 valence electrons. The van der Waals surface area contributed by atoms with E-state index in [2.05, 4.69) is 65.3 Å². The minimum Gasteiger partial charge on any atom is -0.333 e. The highest BCUT2D eigenvalue weighted by molar-refractivity contribution is 5.08. The second-order valence-electron chi connectivity index (χ2n) is 6.59. The van der Waals surface area contributed by atoms with Crippen LogP contribution in [0.1, 0.15) is 36.6 Å². The Labute approximate surface area is 133 Å². The van der Waals surface area contributed by atoms with Crippen molar-refractivity contribution in [3.8, 4) is 0 Å². The topological polar surface area (TPSA) is 47.7 Å². The van der Waals surface area contributed by atoms with E-state index in [-0.39, 0.29) is 0 Å². The lowest BCUT2D eigenvalue weighted by Crippen LogP contribution is -2.35. The fourth-order valence-electron chi connectivity index (χ4n) is 2.71. The molecule has 2 rings (SSSR count). The van der Waals surface area contributed by atoms with Gasteiger partial charge in [-0.2, -0.15) is 5.10 Å². The van der Waals surface area contributed by atoms with Crippen molar-refractivity contribution >= 4 is 0 Å². The Morgan fingerprint density at radius 1 is 1.14 bits per heavy atom. The SMILES string of the molecule is Cc1cc(C)n(C[C@H](C)CN[C@H](C)Cn2cnc(C)c2C)n1. The first-order chi connectivity index (χ1) is 10.4. The third kappa shape index (κ3) is 4.19. The fraction of sp³-hybridized carbons (Fsp3) is 0.647. The molecule has 0 aromatic carbocycles. The summed E-state index contributed by atoms with van der Waals surface area (Å²) in [7, 11) is 0. The molecule has 0 saturated carbocycles. The second-order valence-corrected chi connectivity index (χ2v) is 6.59. The van der Waals surface area contributed by atoms with Gasteiger partial charge in [-0.05, 0) is 53.1 Å². The smallest absolute Gasteiger partial charge is 0.0951 e. The molecule has 0 spiro atoms. The van der Waals surface area contributed by atoms with Crippen LogP contribution in [-0.2, 0) is 13.1 Å². The zero-order chi connectivity index (χ0) is 16.3. The molecule has 0 aliphatic rings. The van der Waals surface area contributed by atoms with Gasteiger partial charge in [0, 0.05) is 30.5 Å². The first-order valence-electron chi connectivity index (χ1n) is 8.09. The molecule has 0 fully saturated rings. The van der Waals surface area contributed by atoms with E-state index < -0.39 is 0 Å². The maximum absolute atomic E-state index is 4.54. The van der Waals surface area contributed by atoms with Gasteiger partial charge in [0.05, 0.1) is 17.7 Å². The number of nitrogens with zero attached hydrogens (tertiary/aromatic N) is 4. The highest BCUT2D eigenvalue weighted by Gasteiger charge is 2.10. The lowest BCUT2D eigenvalue weighted by atomic mass is 10.1. The standard InChI is InChI=1S/C17H29N5/c1-12(9-22-15(4)7-13(2)20-22)8-18-14(3)10-21-11-19-16(5)17(21)6/h7,11-12,14,18H,8-10H2,1-6H3/t12-,14-/m1/s1. The molecule has 5 heteroatoms. The van der Waals surface area contributed by atoms with E-state index in [1.54, 1.807) is 0 Å². The first-order valence-corrected chi connectivity index (χ1v) is 8.09. The van der Waals surface area contributed by atoms with Gasteiger partial charge >= 0.3 is 0 Å². The van der Waals surface area contributed by atoms with Gasteiger partial charge < -0.3 is 9.88 Å². The average Bonchev–Trinajstić information content (AvgIpc) is 2.93. The number of aryl methyl sites for hydroxylation is 3. The van der Waals surface area contributed by atoms with Gasteiger partial charge in [-0.15, -0.1) is 0 Å². The van der Waals surface area contributed by atoms with E-state index in [4.69, 9.17) is 0 Å². The molecular weight excluding hydrogens is 274 g/mol. The maximum Gasteiger partial charge on any atom is 0.0951 e. The number of hydrogen-bond donors (Lipinski definition) is 1. The van der Waals surface area contributed by atoms with Crippen LogP contribution in [0.15, 0.2) is 12.4 Å². The van der Waals surface area contributed by atoms with Gasteiger partial charge in [-0.1, -0.05) is 6.92 Å². The summed E-state index contributed by atoms with van der Waals surface area (Å²) in [5.74, 6) is 0.547. The molecule has 0 radical (unpaired) electrons. The number of imidazole rings is 1. The van der Waals surface area contributed by atoms with Crippen LogP contribution in [0.2, 0.25) is 0 Å². The molecule has 5 nitrogen and oxygen atoms in total. The number of nitrogens with one attached hydrogen (secondary N) is 1. The monoisotopic (exact) mass is 303 g/mol. The molecule has 2 atom stereocenters. The zero-order valence-electron chi connectivity index (χ0n) is 14.7. The molecule has 0 aliphatic carbocycles. The summed E-state index contributed by atoms with van der Waals surface area (Å²) in [6.07, 6.45) is 1.93. The molecule has 22 heavy (non-hydrogen) atoms. The van der Waals surface area contributed by atoms with Gasteiger partial charge in [-0.25, -0.2) is 4.98 Å². The van der Waals surface area contributed by atoms with E-state index in [0.29, 0.717) is 12.0 Å². The average molecular weight is 303 g/mol. The largest absolute Gasteiger partial charge is 0.333 e. The van der Waals surface area contributed by atoms with Crippen molar-refractivity contribution in [1.29, 1.82) is 0 Å². The number of hydrogen-bond acceptors (Lipinski definition) is 3. The van der Waals surface area contributed by atoms with Gasteiger partial charge in [0.1, 0.15) is 0 Å². The Hall–Kier alpha value is -1.62. The molecule has 0 aliphatic heterocycles. The molecule has 0 bridgehead atoms. The number of aromatic nitrogens is 4. The van der Waals surface area contributed by atoms with Crippen LogP contribution in [0.5, 0.6) is 0 Å². The molecule has 0 amide bonds. The number of rotatable bonds is 7. The van der Waals surface area contributed by atoms with Crippen molar-refractivity contribution in [3.63, 3.8) is 0 Å². The van der Waals surface area contributed by atoms with E-state index in [9.17, 15) is 0 Å². The quantitative estimate of drug-likeness (QED) is 0.855. The van der Waals surface area contributed by atoms with Crippen LogP contribution in [0.25, 0.3) is 0 Å². The van der Waals surface area contributed by atoms with Crippen molar-refractivity contribution in [2.24, 2.45) is 5.92 Å². The van der Waals surface area contributed by atoms with Crippen LogP contribution < -0.4 is 5.32 Å². The summed E-state index contributed by atoms with van der Waals surface area (Å²) >= 11 is 0. The Balaban J connectivity index is 1.79. The Bertz CT molecular complexity index is 601. The zero-order valence-corrected chi connectivity index (χ0v) is 14.7. The summed E-state index contributed by atoms with van der Waals surface area (Å²) in [4.78, 5) is 4.36. The van der Waals surface area contributed by atoms with Gasteiger partial charge in [0.15, 0.2) is 0 Å². The van der Waals surface area contributed by atoms with Crippen LogP contribution in [0.4, 0.5) is 0 Å². The third-order valence-electron chi connectivity index (χ3n) is 4.22. The van der Waals surface area contributed by atoms with Gasteiger partial charge in [-0.3, -0.25) is 4.68 Å². The normalized spacial score (nSPS) is 14.3. The van der Waals surface area contributed by atoms with E-state index >= 15 is 0 Å². The Morgan fingerprint density at radius 2 is 1.86 bits per heavy atom. The summed E-state index contributed by atoms with van der Waals surface area (Å²) < 4.78 is 4.33. The highest BCUT2D eigenvalue weighted by Crippen LogP contribution is 2.07. The molecule has 2 heterocycles. The molecule has 0 unspecified atom stereocenters. The summed E-state index contributed by atoms with van der Waals surface area (Å²) in [5.41, 5.74) is 4.70. The lowest BCUT2D eigenvalue weighted by molar-refractivity contribution is 0.378. The first kappa shape index (κ1) is 16.7. The van der Waals surface area contributed by atoms with Crippen LogP contribution in [-0.4, -0.2) is 31.9 Å². The second kappa shape index (κ2) is 7.09. The lowest BCUT2D eigenvalue weighted by Gasteiger charge is -2.19. The Morgan fingerprint density at radius 3 is 2.41 bits per heavy atom. The van der Waals surface area contributed by atoms with Crippen LogP contribution >= 0.6 is 0 Å². The van der Waals surface area contributed by atoms with Crippen molar-refractivity contribution in [2.75, 3.05) is 6.54 Å². The molecule has 0 saturated heterocycles. The predicted molar refractivity (Wildman–Crippen MR) is 90.0 cm³/mol. The van der Waals surface area contributed by atoms with Crippen molar-refractivity contribution < 1.29 is 0 Å².